The van der Waals surface area contributed by atoms with Crippen LogP contribution in [0.4, 0.5) is 0 Å². The Morgan fingerprint density at radius 2 is 1.70 bits per heavy atom. The lowest BCUT2D eigenvalue weighted by molar-refractivity contribution is -0.327. The van der Waals surface area contributed by atoms with Gasteiger partial charge in [-0.15, -0.1) is 0 Å². The van der Waals surface area contributed by atoms with Crippen molar-refractivity contribution in [1.29, 1.82) is 0 Å². The molecule has 1 aliphatic heterocycles. The van der Waals surface area contributed by atoms with Crippen LogP contribution in [0.5, 0.6) is 17.4 Å². The predicted octanol–water partition coefficient (Wildman–Crippen LogP) is 6.61. The quantitative estimate of drug-likeness (QED) is 0.163. The highest BCUT2D eigenvalue weighted by atomic mass is 17.2. The van der Waals surface area contributed by atoms with E-state index in [0.717, 1.165) is 54.4 Å². The Morgan fingerprint density at radius 3 is 2.55 bits per heavy atom. The van der Waals surface area contributed by atoms with E-state index < -0.39 is 0 Å². The molecule has 1 saturated heterocycles. The number of aryl methyl sites for hydroxylation is 1. The van der Waals surface area contributed by atoms with Gasteiger partial charge in [0.15, 0.2) is 5.75 Å². The summed E-state index contributed by atoms with van der Waals surface area (Å²) in [4.78, 5) is 19.8. The topological polar surface area (TPSA) is 76.9 Å². The van der Waals surface area contributed by atoms with Gasteiger partial charge in [-0.3, -0.25) is 4.98 Å². The van der Waals surface area contributed by atoms with Crippen molar-refractivity contribution >= 4 is 21.8 Å². The molecule has 2 aliphatic rings. The maximum Gasteiger partial charge on any atom is 0.213 e. The fourth-order valence-corrected chi connectivity index (χ4v) is 5.42. The Morgan fingerprint density at radius 1 is 0.825 bits per heavy atom. The molecule has 2 aromatic carbocycles. The summed E-state index contributed by atoms with van der Waals surface area (Å²) in [6.07, 6.45) is 10.1. The lowest BCUT2D eigenvalue weighted by Gasteiger charge is -2.35. The first-order chi connectivity index (χ1) is 19.7. The third-order valence-electron chi connectivity index (χ3n) is 7.72. The van der Waals surface area contributed by atoms with Crippen LogP contribution in [0, 0.1) is 0 Å². The van der Waals surface area contributed by atoms with E-state index in [2.05, 4.69) is 45.8 Å². The van der Waals surface area contributed by atoms with E-state index in [1.807, 2.05) is 55.0 Å². The van der Waals surface area contributed by atoms with Crippen LogP contribution in [0.25, 0.3) is 32.9 Å². The van der Waals surface area contributed by atoms with Crippen LogP contribution in [0.3, 0.4) is 0 Å². The number of pyridine rings is 2. The second-order valence-corrected chi connectivity index (χ2v) is 10.5. The number of fused-ring (bicyclic) bond motifs is 3. The fourth-order valence-electron chi connectivity index (χ4n) is 5.42. The largest absolute Gasteiger partial charge is 0.490 e. The van der Waals surface area contributed by atoms with Gasteiger partial charge in [0.1, 0.15) is 18.0 Å². The molecule has 0 radical (unpaired) electrons. The van der Waals surface area contributed by atoms with Gasteiger partial charge in [-0.1, -0.05) is 18.2 Å². The van der Waals surface area contributed by atoms with Gasteiger partial charge in [0.05, 0.1) is 5.52 Å². The maximum atomic E-state index is 6.12. The van der Waals surface area contributed by atoms with E-state index in [1.54, 1.807) is 0 Å². The highest BCUT2D eigenvalue weighted by molar-refractivity contribution is 6.08. The molecule has 1 aliphatic carbocycles. The van der Waals surface area contributed by atoms with Gasteiger partial charge in [0, 0.05) is 85.5 Å². The monoisotopic (exact) mass is 537 g/mol. The summed E-state index contributed by atoms with van der Waals surface area (Å²) < 4.78 is 20.0. The van der Waals surface area contributed by atoms with Gasteiger partial charge in [-0.25, -0.2) is 4.98 Å². The van der Waals surface area contributed by atoms with E-state index in [1.165, 1.54) is 16.4 Å². The van der Waals surface area contributed by atoms with Gasteiger partial charge in [0.25, 0.3) is 0 Å². The summed E-state index contributed by atoms with van der Waals surface area (Å²) in [5.74, 6) is 1.97. The van der Waals surface area contributed by atoms with Crippen molar-refractivity contribution in [3.63, 3.8) is 0 Å². The molecular weight excluding hydrogens is 506 g/mol. The molecule has 40 heavy (non-hydrogen) atoms. The number of hydrogen-bond donors (Lipinski definition) is 0. The number of benzene rings is 2. The first-order valence-electron chi connectivity index (χ1n) is 13.9. The van der Waals surface area contributed by atoms with Crippen LogP contribution >= 0.6 is 0 Å². The molecule has 0 amide bonds. The Bertz CT molecular complexity index is 1620. The first-order valence-corrected chi connectivity index (χ1v) is 13.9. The number of aromatic nitrogens is 3. The van der Waals surface area contributed by atoms with E-state index >= 15 is 0 Å². The predicted molar refractivity (Wildman–Crippen MR) is 151 cm³/mol. The van der Waals surface area contributed by atoms with Gasteiger partial charge >= 0.3 is 0 Å². The average molecular weight is 538 g/mol. The summed E-state index contributed by atoms with van der Waals surface area (Å²) in [7, 11) is 2.09. The molecule has 0 bridgehead atoms. The van der Waals surface area contributed by atoms with Gasteiger partial charge in [-0.2, -0.15) is 4.89 Å². The Labute approximate surface area is 232 Å². The van der Waals surface area contributed by atoms with Crippen molar-refractivity contribution in [2.45, 2.75) is 50.6 Å². The number of rotatable bonds is 8. The molecule has 2 fully saturated rings. The smallest absolute Gasteiger partial charge is 0.213 e. The van der Waals surface area contributed by atoms with Crippen LogP contribution in [0.2, 0.25) is 0 Å². The summed E-state index contributed by atoms with van der Waals surface area (Å²) >= 11 is 0. The molecule has 0 spiro atoms. The minimum Gasteiger partial charge on any atom is -0.490 e. The van der Waals surface area contributed by atoms with Crippen molar-refractivity contribution < 1.29 is 24.0 Å². The van der Waals surface area contributed by atoms with Crippen molar-refractivity contribution in [1.82, 2.24) is 14.5 Å². The van der Waals surface area contributed by atoms with Crippen molar-refractivity contribution in [2.75, 3.05) is 6.61 Å². The van der Waals surface area contributed by atoms with Gasteiger partial charge in [-0.05, 0) is 48.7 Å². The number of nitrogens with zero attached hydrogens (tertiary/aromatic N) is 3. The van der Waals surface area contributed by atoms with Crippen LogP contribution in [0.15, 0.2) is 79.3 Å². The van der Waals surface area contributed by atoms with Gasteiger partial charge < -0.3 is 23.7 Å². The zero-order valence-corrected chi connectivity index (χ0v) is 22.4. The third-order valence-corrected chi connectivity index (χ3v) is 7.72. The zero-order chi connectivity index (χ0) is 26.9. The molecule has 8 heteroatoms. The zero-order valence-electron chi connectivity index (χ0n) is 22.4. The second kappa shape index (κ2) is 10.8. The standard InChI is InChI=1S/C32H31N3O5/c1-35-29-12-13-33-20-28(29)27-10-8-21(15-30(27)35)22-9-11-31(34-19-22)38-26-17-25(18-26)37-23-5-4-6-24(16-23)39-40-32-7-2-3-14-36-32/h4-6,8-13,15-16,19-20,25-26,32H,2-3,7,14,17-18H2,1H3/t25-,26-,32?. The molecule has 204 valence electrons. The molecule has 1 atom stereocenters. The molecule has 0 N–H and O–H groups in total. The number of ether oxygens (including phenoxy) is 3. The number of hydrogen-bond acceptors (Lipinski definition) is 7. The highest BCUT2D eigenvalue weighted by Gasteiger charge is 2.33. The van der Waals surface area contributed by atoms with Crippen LogP contribution in [-0.2, 0) is 16.7 Å². The molecule has 3 aromatic heterocycles. The van der Waals surface area contributed by atoms with Crippen LogP contribution < -0.4 is 14.4 Å². The Kier molecular flexibility index (Phi) is 6.71. The Hall–Kier alpha value is -4.14. The fraction of sp³-hybridized carbons (Fsp3) is 0.312. The summed E-state index contributed by atoms with van der Waals surface area (Å²) in [5.41, 5.74) is 4.51. The van der Waals surface area contributed by atoms with Crippen molar-refractivity contribution in [3.05, 3.63) is 79.3 Å². The van der Waals surface area contributed by atoms with Crippen molar-refractivity contribution in [3.8, 4) is 28.5 Å². The molecule has 4 heterocycles. The molecule has 8 nitrogen and oxygen atoms in total. The Balaban J connectivity index is 0.930. The summed E-state index contributed by atoms with van der Waals surface area (Å²) in [6.45, 7) is 0.710. The van der Waals surface area contributed by atoms with E-state index in [9.17, 15) is 0 Å². The molecule has 7 rings (SSSR count). The van der Waals surface area contributed by atoms with Crippen LogP contribution in [-0.4, -0.2) is 39.6 Å². The minimum absolute atomic E-state index is 0.0790. The van der Waals surface area contributed by atoms with E-state index in [-0.39, 0.29) is 18.5 Å². The summed E-state index contributed by atoms with van der Waals surface area (Å²) in [5, 5.41) is 2.36. The van der Waals surface area contributed by atoms with Crippen LogP contribution in [0.1, 0.15) is 32.1 Å². The first kappa shape index (κ1) is 24.9. The SMILES string of the molecule is Cn1c2ccncc2c2ccc(-c3ccc(O[C@H]4C[C@H](Oc5cccc(OOC6CCCCO6)c5)C4)nc3)cc21. The molecule has 1 saturated carbocycles. The lowest BCUT2D eigenvalue weighted by Crippen LogP contribution is -2.41. The third kappa shape index (κ3) is 5.08. The highest BCUT2D eigenvalue weighted by Crippen LogP contribution is 2.33. The normalized spacial score (nSPS) is 20.8. The summed E-state index contributed by atoms with van der Waals surface area (Å²) in [6, 6.07) is 20.0. The van der Waals surface area contributed by atoms with E-state index in [4.69, 9.17) is 24.0 Å². The second-order valence-electron chi connectivity index (χ2n) is 10.5. The van der Waals surface area contributed by atoms with Gasteiger partial charge in [0.2, 0.25) is 12.2 Å². The minimum atomic E-state index is -0.309. The lowest BCUT2D eigenvalue weighted by atomic mass is 9.92. The molecule has 1 unspecified atom stereocenters. The maximum absolute atomic E-state index is 6.12. The van der Waals surface area contributed by atoms with E-state index in [0.29, 0.717) is 18.2 Å². The molecular formula is C32H31N3O5. The van der Waals surface area contributed by atoms with Crippen molar-refractivity contribution in [2.24, 2.45) is 7.05 Å². The molecule has 5 aromatic rings. The average Bonchev–Trinajstić information content (AvgIpc) is 3.27.